The fourth-order valence-corrected chi connectivity index (χ4v) is 3.29. The van der Waals surface area contributed by atoms with E-state index in [0.717, 1.165) is 24.1 Å². The number of halogens is 1. The Labute approximate surface area is 166 Å². The first-order valence-corrected chi connectivity index (χ1v) is 9.49. The number of amides is 2. The Bertz CT molecular complexity index is 833. The van der Waals surface area contributed by atoms with E-state index in [-0.39, 0.29) is 11.7 Å². The SMILES string of the molecule is Cc1cc(CN2CCN(C(=O)Nc3ccc([N+](=O)[O-])cc3)CC2)ccc1Br. The molecular weight excluding hydrogens is 412 g/mol. The third-order valence-electron chi connectivity index (χ3n) is 4.62. The largest absolute Gasteiger partial charge is 0.322 e. The molecule has 1 N–H and O–H groups in total. The number of non-ortho nitro benzene ring substituents is 1. The van der Waals surface area contributed by atoms with Gasteiger partial charge in [0.1, 0.15) is 0 Å². The van der Waals surface area contributed by atoms with Gasteiger partial charge in [-0.15, -0.1) is 0 Å². The van der Waals surface area contributed by atoms with E-state index in [1.165, 1.54) is 23.3 Å². The molecule has 1 fully saturated rings. The standard InChI is InChI=1S/C19H21BrN4O3/c1-14-12-15(2-7-18(14)20)13-22-8-10-23(11-9-22)19(25)21-16-3-5-17(6-4-16)24(26)27/h2-7,12H,8-11,13H2,1H3,(H,21,25). The van der Waals surface area contributed by atoms with Crippen molar-refractivity contribution in [2.24, 2.45) is 0 Å². The first kappa shape index (κ1) is 19.3. The molecule has 142 valence electrons. The molecule has 0 saturated carbocycles. The Kier molecular flexibility index (Phi) is 6.08. The summed E-state index contributed by atoms with van der Waals surface area (Å²) in [6.45, 7) is 5.86. The monoisotopic (exact) mass is 432 g/mol. The maximum atomic E-state index is 12.4. The highest BCUT2D eigenvalue weighted by atomic mass is 79.9. The van der Waals surface area contributed by atoms with E-state index in [4.69, 9.17) is 0 Å². The van der Waals surface area contributed by atoms with Crippen LogP contribution in [-0.4, -0.2) is 46.9 Å². The van der Waals surface area contributed by atoms with Gasteiger partial charge in [-0.05, 0) is 36.2 Å². The number of aryl methyl sites for hydroxylation is 1. The molecule has 0 aromatic heterocycles. The van der Waals surface area contributed by atoms with Gasteiger partial charge in [0.05, 0.1) is 4.92 Å². The lowest BCUT2D eigenvalue weighted by molar-refractivity contribution is -0.384. The predicted octanol–water partition coefficient (Wildman–Crippen LogP) is 4.02. The minimum Gasteiger partial charge on any atom is -0.322 e. The average Bonchev–Trinajstić information content (AvgIpc) is 2.66. The lowest BCUT2D eigenvalue weighted by Gasteiger charge is -2.34. The van der Waals surface area contributed by atoms with E-state index in [0.29, 0.717) is 18.8 Å². The molecule has 1 aliphatic rings. The molecule has 0 unspecified atom stereocenters. The maximum absolute atomic E-state index is 12.4. The van der Waals surface area contributed by atoms with Crippen LogP contribution in [0.5, 0.6) is 0 Å². The van der Waals surface area contributed by atoms with Gasteiger partial charge in [-0.1, -0.05) is 28.1 Å². The quantitative estimate of drug-likeness (QED) is 0.584. The number of nitro benzene ring substituents is 1. The molecule has 0 atom stereocenters. The van der Waals surface area contributed by atoms with Crippen LogP contribution in [0.15, 0.2) is 46.9 Å². The normalized spacial score (nSPS) is 14.8. The summed E-state index contributed by atoms with van der Waals surface area (Å²) in [7, 11) is 0. The molecule has 2 aromatic carbocycles. The molecule has 2 aromatic rings. The average molecular weight is 433 g/mol. The van der Waals surface area contributed by atoms with Gasteiger partial charge in [-0.2, -0.15) is 0 Å². The van der Waals surface area contributed by atoms with Crippen LogP contribution in [0.2, 0.25) is 0 Å². The van der Waals surface area contributed by atoms with Crippen LogP contribution < -0.4 is 5.32 Å². The van der Waals surface area contributed by atoms with E-state index >= 15 is 0 Å². The number of nitrogens with zero attached hydrogens (tertiary/aromatic N) is 3. The number of benzene rings is 2. The summed E-state index contributed by atoms with van der Waals surface area (Å²) in [5.74, 6) is 0. The van der Waals surface area contributed by atoms with Crippen LogP contribution in [0.4, 0.5) is 16.2 Å². The number of urea groups is 1. The molecule has 1 heterocycles. The van der Waals surface area contributed by atoms with Gasteiger partial charge in [0.2, 0.25) is 0 Å². The van der Waals surface area contributed by atoms with Gasteiger partial charge in [-0.3, -0.25) is 15.0 Å². The van der Waals surface area contributed by atoms with Gasteiger partial charge in [0.15, 0.2) is 0 Å². The summed E-state index contributed by atoms with van der Waals surface area (Å²) in [5, 5.41) is 13.5. The molecule has 27 heavy (non-hydrogen) atoms. The molecule has 0 spiro atoms. The molecule has 0 radical (unpaired) electrons. The molecule has 3 rings (SSSR count). The van der Waals surface area contributed by atoms with Crippen molar-refractivity contribution in [1.82, 2.24) is 9.80 Å². The second-order valence-corrected chi connectivity index (χ2v) is 7.44. The molecule has 2 amide bonds. The Morgan fingerprint density at radius 2 is 1.81 bits per heavy atom. The Hall–Kier alpha value is -2.45. The number of hydrogen-bond donors (Lipinski definition) is 1. The zero-order valence-electron chi connectivity index (χ0n) is 15.0. The van der Waals surface area contributed by atoms with Crippen molar-refractivity contribution in [3.8, 4) is 0 Å². The first-order chi connectivity index (χ1) is 12.9. The smallest absolute Gasteiger partial charge is 0.321 e. The Morgan fingerprint density at radius 3 is 2.41 bits per heavy atom. The highest BCUT2D eigenvalue weighted by Crippen LogP contribution is 2.19. The molecule has 0 aliphatic carbocycles. The fraction of sp³-hybridized carbons (Fsp3) is 0.316. The van der Waals surface area contributed by atoms with Crippen molar-refractivity contribution in [2.75, 3.05) is 31.5 Å². The maximum Gasteiger partial charge on any atom is 0.321 e. The van der Waals surface area contributed by atoms with E-state index < -0.39 is 4.92 Å². The van der Waals surface area contributed by atoms with Crippen molar-refractivity contribution in [3.63, 3.8) is 0 Å². The van der Waals surface area contributed by atoms with Gasteiger partial charge in [0.25, 0.3) is 5.69 Å². The fourth-order valence-electron chi connectivity index (χ4n) is 3.04. The number of carbonyl (C=O) groups excluding carboxylic acids is 1. The zero-order valence-corrected chi connectivity index (χ0v) is 16.6. The number of nitrogens with one attached hydrogen (secondary N) is 1. The number of anilines is 1. The topological polar surface area (TPSA) is 78.7 Å². The van der Waals surface area contributed by atoms with E-state index in [1.807, 2.05) is 0 Å². The summed E-state index contributed by atoms with van der Waals surface area (Å²) in [6.07, 6.45) is 0. The number of carbonyl (C=O) groups is 1. The van der Waals surface area contributed by atoms with Crippen molar-refractivity contribution >= 4 is 33.3 Å². The predicted molar refractivity (Wildman–Crippen MR) is 108 cm³/mol. The van der Waals surface area contributed by atoms with Gasteiger partial charge in [0, 0.05) is 55.0 Å². The summed E-state index contributed by atoms with van der Waals surface area (Å²) in [4.78, 5) is 26.7. The summed E-state index contributed by atoms with van der Waals surface area (Å²) < 4.78 is 1.11. The molecule has 0 bridgehead atoms. The lowest BCUT2D eigenvalue weighted by Crippen LogP contribution is -2.49. The van der Waals surface area contributed by atoms with E-state index in [2.05, 4.69) is 51.3 Å². The lowest BCUT2D eigenvalue weighted by atomic mass is 10.1. The second-order valence-electron chi connectivity index (χ2n) is 6.58. The molecular formula is C19H21BrN4O3. The van der Waals surface area contributed by atoms with Crippen LogP contribution in [0, 0.1) is 17.0 Å². The summed E-state index contributed by atoms with van der Waals surface area (Å²) >= 11 is 3.52. The molecule has 1 saturated heterocycles. The summed E-state index contributed by atoms with van der Waals surface area (Å²) in [6, 6.07) is 12.0. The highest BCUT2D eigenvalue weighted by molar-refractivity contribution is 9.10. The van der Waals surface area contributed by atoms with Crippen molar-refractivity contribution in [2.45, 2.75) is 13.5 Å². The van der Waals surface area contributed by atoms with E-state index in [1.54, 1.807) is 17.0 Å². The van der Waals surface area contributed by atoms with Gasteiger partial charge >= 0.3 is 6.03 Å². The van der Waals surface area contributed by atoms with Crippen molar-refractivity contribution in [3.05, 3.63) is 68.2 Å². The number of rotatable bonds is 4. The van der Waals surface area contributed by atoms with Gasteiger partial charge in [-0.25, -0.2) is 4.79 Å². The number of piperazine rings is 1. The zero-order chi connectivity index (χ0) is 19.4. The number of nitro groups is 1. The van der Waals surface area contributed by atoms with Crippen LogP contribution in [0.25, 0.3) is 0 Å². The minimum atomic E-state index is -0.461. The minimum absolute atomic E-state index is 0.00444. The Balaban J connectivity index is 1.50. The van der Waals surface area contributed by atoms with Crippen LogP contribution in [0.3, 0.4) is 0 Å². The third kappa shape index (κ3) is 5.05. The Morgan fingerprint density at radius 1 is 1.15 bits per heavy atom. The van der Waals surface area contributed by atoms with Crippen LogP contribution >= 0.6 is 15.9 Å². The number of hydrogen-bond acceptors (Lipinski definition) is 4. The second kappa shape index (κ2) is 8.49. The van der Waals surface area contributed by atoms with Crippen molar-refractivity contribution < 1.29 is 9.72 Å². The van der Waals surface area contributed by atoms with Gasteiger partial charge < -0.3 is 10.2 Å². The highest BCUT2D eigenvalue weighted by Gasteiger charge is 2.21. The van der Waals surface area contributed by atoms with Crippen molar-refractivity contribution in [1.29, 1.82) is 0 Å². The third-order valence-corrected chi connectivity index (χ3v) is 5.51. The van der Waals surface area contributed by atoms with E-state index in [9.17, 15) is 14.9 Å². The molecule has 1 aliphatic heterocycles. The molecule has 7 nitrogen and oxygen atoms in total. The first-order valence-electron chi connectivity index (χ1n) is 8.70. The molecule has 8 heteroatoms. The van der Waals surface area contributed by atoms with Crippen LogP contribution in [0.1, 0.15) is 11.1 Å². The summed E-state index contributed by atoms with van der Waals surface area (Å²) in [5.41, 5.74) is 3.04. The van der Waals surface area contributed by atoms with Crippen LogP contribution in [-0.2, 0) is 6.54 Å².